The van der Waals surface area contributed by atoms with Gasteiger partial charge in [-0.15, -0.1) is 0 Å². The van der Waals surface area contributed by atoms with Gasteiger partial charge in [0.2, 0.25) is 0 Å². The number of rotatable bonds is 4. The Labute approximate surface area is 174 Å². The van der Waals surface area contributed by atoms with E-state index in [1.165, 1.54) is 7.11 Å². The fraction of sp³-hybridized carbons (Fsp3) is 0.292. The van der Waals surface area contributed by atoms with Crippen LogP contribution in [0.4, 0.5) is 0 Å². The number of benzene rings is 2. The predicted octanol–water partition coefficient (Wildman–Crippen LogP) is 4.98. The lowest BCUT2D eigenvalue weighted by atomic mass is 9.95. The predicted molar refractivity (Wildman–Crippen MR) is 116 cm³/mol. The van der Waals surface area contributed by atoms with E-state index in [2.05, 4.69) is 0 Å². The molecule has 0 amide bonds. The van der Waals surface area contributed by atoms with Gasteiger partial charge in [-0.2, -0.15) is 0 Å². The molecular formula is C24H24O6. The van der Waals surface area contributed by atoms with Crippen LogP contribution in [0.15, 0.2) is 39.6 Å². The van der Waals surface area contributed by atoms with Gasteiger partial charge in [-0.1, -0.05) is 12.1 Å². The number of fused-ring (bicyclic) bond motifs is 2. The van der Waals surface area contributed by atoms with E-state index in [1.54, 1.807) is 38.5 Å². The first-order chi connectivity index (χ1) is 14.3. The first kappa shape index (κ1) is 19.9. The highest BCUT2D eigenvalue weighted by Gasteiger charge is 2.31. The lowest BCUT2D eigenvalue weighted by Gasteiger charge is -2.30. The van der Waals surface area contributed by atoms with E-state index in [1.807, 2.05) is 32.9 Å². The Hall–Kier alpha value is -3.41. The summed E-state index contributed by atoms with van der Waals surface area (Å²) in [5, 5.41) is 0.592. The van der Waals surface area contributed by atoms with E-state index in [0.717, 1.165) is 11.1 Å². The Kier molecular flexibility index (Phi) is 4.73. The molecule has 1 aliphatic heterocycles. The molecule has 6 heteroatoms. The van der Waals surface area contributed by atoms with Gasteiger partial charge in [0.15, 0.2) is 5.58 Å². The molecule has 0 radical (unpaired) electrons. The number of methoxy groups -OCH3 is 3. The largest absolute Gasteiger partial charge is 0.497 e. The van der Waals surface area contributed by atoms with Crippen molar-refractivity contribution in [3.8, 4) is 34.1 Å². The molecule has 0 saturated carbocycles. The van der Waals surface area contributed by atoms with Gasteiger partial charge in [0.25, 0.3) is 0 Å². The molecule has 4 rings (SSSR count). The quantitative estimate of drug-likeness (QED) is 0.568. The van der Waals surface area contributed by atoms with E-state index in [9.17, 15) is 4.79 Å². The molecule has 0 saturated heterocycles. The molecule has 0 aliphatic carbocycles. The van der Waals surface area contributed by atoms with Gasteiger partial charge in [0, 0.05) is 5.56 Å². The SMILES string of the molecule is COc1ccc(-c2c(OC)c3c(OC)c4c(c(C)c3oc2=O)OC(C)(C)C=C4)cc1. The van der Waals surface area contributed by atoms with Crippen LogP contribution in [0.2, 0.25) is 0 Å². The van der Waals surface area contributed by atoms with Gasteiger partial charge in [-0.3, -0.25) is 0 Å². The maximum absolute atomic E-state index is 13.0. The van der Waals surface area contributed by atoms with Crippen molar-refractivity contribution in [2.75, 3.05) is 21.3 Å². The first-order valence-corrected chi connectivity index (χ1v) is 9.59. The summed E-state index contributed by atoms with van der Waals surface area (Å²) >= 11 is 0. The van der Waals surface area contributed by atoms with Crippen molar-refractivity contribution >= 4 is 17.0 Å². The average molecular weight is 408 g/mol. The molecule has 0 spiro atoms. The van der Waals surface area contributed by atoms with Gasteiger partial charge in [-0.05, 0) is 50.6 Å². The van der Waals surface area contributed by atoms with E-state index >= 15 is 0 Å². The third-order valence-corrected chi connectivity index (χ3v) is 5.28. The molecule has 2 heterocycles. The van der Waals surface area contributed by atoms with Crippen LogP contribution in [0.3, 0.4) is 0 Å². The van der Waals surface area contributed by atoms with Crippen molar-refractivity contribution in [3.63, 3.8) is 0 Å². The minimum atomic E-state index is -0.500. The molecule has 1 aliphatic rings. The standard InChI is InChI=1S/C24H24O6/c1-13-19-16(11-12-24(2,3)30-19)21(27-5)18-20(13)29-23(25)17(22(18)28-6)14-7-9-15(26-4)10-8-14/h7-12H,1-6H3. The molecule has 0 bridgehead atoms. The number of hydrogen-bond donors (Lipinski definition) is 0. The zero-order chi connectivity index (χ0) is 21.6. The Bertz CT molecular complexity index is 1220. The molecule has 2 aromatic carbocycles. The molecule has 6 nitrogen and oxygen atoms in total. The van der Waals surface area contributed by atoms with Crippen molar-refractivity contribution < 1.29 is 23.4 Å². The summed E-state index contributed by atoms with van der Waals surface area (Å²) in [6, 6.07) is 7.16. The van der Waals surface area contributed by atoms with E-state index < -0.39 is 11.2 Å². The Morgan fingerprint density at radius 1 is 0.933 bits per heavy atom. The van der Waals surface area contributed by atoms with Crippen molar-refractivity contribution in [1.29, 1.82) is 0 Å². The minimum absolute atomic E-state index is 0.325. The summed E-state index contributed by atoms with van der Waals surface area (Å²) in [6.45, 7) is 5.80. The second-order valence-electron chi connectivity index (χ2n) is 7.67. The minimum Gasteiger partial charge on any atom is -0.497 e. The zero-order valence-electron chi connectivity index (χ0n) is 17.9. The molecule has 0 atom stereocenters. The first-order valence-electron chi connectivity index (χ1n) is 9.59. The smallest absolute Gasteiger partial charge is 0.348 e. The number of ether oxygens (including phenoxy) is 4. The van der Waals surface area contributed by atoms with Gasteiger partial charge in [0.1, 0.15) is 39.5 Å². The Morgan fingerprint density at radius 3 is 2.20 bits per heavy atom. The second kappa shape index (κ2) is 7.13. The molecule has 3 aromatic rings. The third-order valence-electron chi connectivity index (χ3n) is 5.28. The van der Waals surface area contributed by atoms with Crippen LogP contribution in [0.5, 0.6) is 23.0 Å². The van der Waals surface area contributed by atoms with Gasteiger partial charge < -0.3 is 23.4 Å². The van der Waals surface area contributed by atoms with E-state index in [0.29, 0.717) is 45.1 Å². The van der Waals surface area contributed by atoms with Crippen molar-refractivity contribution in [1.82, 2.24) is 0 Å². The lowest BCUT2D eigenvalue weighted by molar-refractivity contribution is 0.157. The topological polar surface area (TPSA) is 67.1 Å². The lowest BCUT2D eigenvalue weighted by Crippen LogP contribution is -2.28. The maximum Gasteiger partial charge on any atom is 0.348 e. The third kappa shape index (κ3) is 3.00. The van der Waals surface area contributed by atoms with Crippen LogP contribution >= 0.6 is 0 Å². The maximum atomic E-state index is 13.0. The number of hydrogen-bond acceptors (Lipinski definition) is 6. The Morgan fingerprint density at radius 2 is 1.60 bits per heavy atom. The van der Waals surface area contributed by atoms with Crippen LogP contribution in [0, 0.1) is 6.92 Å². The van der Waals surface area contributed by atoms with Crippen molar-refractivity contribution in [3.05, 3.63) is 51.9 Å². The van der Waals surface area contributed by atoms with Crippen LogP contribution in [0.1, 0.15) is 25.0 Å². The second-order valence-corrected chi connectivity index (χ2v) is 7.67. The molecule has 0 fully saturated rings. The fourth-order valence-electron chi connectivity index (χ4n) is 3.82. The van der Waals surface area contributed by atoms with Crippen LogP contribution in [0.25, 0.3) is 28.2 Å². The molecular weight excluding hydrogens is 384 g/mol. The van der Waals surface area contributed by atoms with Crippen LogP contribution in [-0.2, 0) is 0 Å². The van der Waals surface area contributed by atoms with Crippen molar-refractivity contribution in [2.45, 2.75) is 26.4 Å². The number of aryl methyl sites for hydroxylation is 1. The summed E-state index contributed by atoms with van der Waals surface area (Å²) < 4.78 is 28.7. The van der Waals surface area contributed by atoms with Gasteiger partial charge in [-0.25, -0.2) is 4.79 Å². The highest BCUT2D eigenvalue weighted by atomic mass is 16.5. The van der Waals surface area contributed by atoms with Crippen molar-refractivity contribution in [2.24, 2.45) is 0 Å². The molecule has 30 heavy (non-hydrogen) atoms. The summed E-state index contributed by atoms with van der Waals surface area (Å²) in [5.41, 5.74) is 1.89. The highest BCUT2D eigenvalue weighted by Crippen LogP contribution is 2.49. The highest BCUT2D eigenvalue weighted by molar-refractivity contribution is 6.01. The van der Waals surface area contributed by atoms with E-state index in [4.69, 9.17) is 23.4 Å². The van der Waals surface area contributed by atoms with Gasteiger partial charge >= 0.3 is 5.63 Å². The molecule has 0 N–H and O–H groups in total. The summed E-state index contributed by atoms with van der Waals surface area (Å²) in [7, 11) is 4.70. The van der Waals surface area contributed by atoms with Gasteiger partial charge in [0.05, 0.1) is 26.9 Å². The fourth-order valence-corrected chi connectivity index (χ4v) is 3.82. The van der Waals surface area contributed by atoms with Crippen LogP contribution in [-0.4, -0.2) is 26.9 Å². The summed E-state index contributed by atoms with van der Waals surface area (Å²) in [5.74, 6) is 2.25. The zero-order valence-corrected chi connectivity index (χ0v) is 17.9. The monoisotopic (exact) mass is 408 g/mol. The molecule has 156 valence electrons. The molecule has 0 unspecified atom stereocenters. The summed E-state index contributed by atoms with van der Waals surface area (Å²) in [6.07, 6.45) is 3.95. The normalized spacial score (nSPS) is 14.2. The Balaban J connectivity index is 2.11. The average Bonchev–Trinajstić information content (AvgIpc) is 2.74. The summed E-state index contributed by atoms with van der Waals surface area (Å²) in [4.78, 5) is 13.0. The van der Waals surface area contributed by atoms with Crippen LogP contribution < -0.4 is 24.6 Å². The van der Waals surface area contributed by atoms with E-state index in [-0.39, 0.29) is 0 Å². The molecule has 1 aromatic heterocycles.